The van der Waals surface area contributed by atoms with E-state index in [0.29, 0.717) is 29.1 Å². The second kappa shape index (κ2) is 11.4. The topological polar surface area (TPSA) is 127 Å². The van der Waals surface area contributed by atoms with E-state index in [0.717, 1.165) is 36.3 Å². The van der Waals surface area contributed by atoms with E-state index in [9.17, 15) is 14.4 Å². The molecule has 1 saturated heterocycles. The third-order valence-electron chi connectivity index (χ3n) is 6.10. The van der Waals surface area contributed by atoms with E-state index in [1.807, 2.05) is 43.3 Å². The molecule has 9 nitrogen and oxygen atoms in total. The van der Waals surface area contributed by atoms with Gasteiger partial charge in [0, 0.05) is 36.2 Å². The van der Waals surface area contributed by atoms with E-state index in [1.165, 1.54) is 6.07 Å². The van der Waals surface area contributed by atoms with E-state index in [1.54, 1.807) is 31.3 Å². The predicted molar refractivity (Wildman–Crippen MR) is 140 cm³/mol. The minimum Gasteiger partial charge on any atom is -0.410 e. The highest BCUT2D eigenvalue weighted by molar-refractivity contribution is 5.97. The van der Waals surface area contributed by atoms with Crippen molar-refractivity contribution < 1.29 is 19.1 Å². The van der Waals surface area contributed by atoms with Crippen molar-refractivity contribution in [1.82, 2.24) is 15.6 Å². The van der Waals surface area contributed by atoms with Crippen LogP contribution in [-0.2, 0) is 6.54 Å². The zero-order valence-electron chi connectivity index (χ0n) is 20.8. The molecule has 1 fully saturated rings. The molecule has 2 heterocycles. The van der Waals surface area contributed by atoms with Crippen LogP contribution in [0.3, 0.4) is 0 Å². The fourth-order valence-electron chi connectivity index (χ4n) is 4.26. The number of nitrogens with zero attached hydrogens (tertiary/aromatic N) is 2. The first-order valence-electron chi connectivity index (χ1n) is 12.0. The first-order valence-corrected chi connectivity index (χ1v) is 12.0. The number of pyridine rings is 1. The van der Waals surface area contributed by atoms with Crippen molar-refractivity contribution in [3.05, 3.63) is 101 Å². The molecule has 0 spiro atoms. The number of anilines is 1. The van der Waals surface area contributed by atoms with Gasteiger partial charge in [-0.15, -0.1) is 0 Å². The van der Waals surface area contributed by atoms with Crippen LogP contribution in [0.15, 0.2) is 78.3 Å². The quantitative estimate of drug-likeness (QED) is 0.450. The minimum atomic E-state index is -0.909. The Morgan fingerprint density at radius 3 is 2.51 bits per heavy atom. The molecular formula is C28H29N5O4. The second-order valence-corrected chi connectivity index (χ2v) is 8.75. The van der Waals surface area contributed by atoms with Gasteiger partial charge in [-0.2, -0.15) is 0 Å². The smallest absolute Gasteiger partial charge is 0.409 e. The van der Waals surface area contributed by atoms with Gasteiger partial charge in [0.05, 0.1) is 5.56 Å². The number of aromatic nitrogens is 1. The summed E-state index contributed by atoms with van der Waals surface area (Å²) in [6, 6.07) is 18.0. The van der Waals surface area contributed by atoms with Crippen LogP contribution in [0.5, 0.6) is 5.75 Å². The Labute approximate surface area is 215 Å². The second-order valence-electron chi connectivity index (χ2n) is 8.75. The summed E-state index contributed by atoms with van der Waals surface area (Å²) in [6.45, 7) is 4.82. The lowest BCUT2D eigenvalue weighted by Gasteiger charge is -2.22. The van der Waals surface area contributed by atoms with Crippen molar-refractivity contribution in [3.8, 4) is 5.75 Å². The van der Waals surface area contributed by atoms with Crippen LogP contribution >= 0.6 is 0 Å². The lowest BCUT2D eigenvalue weighted by Crippen LogP contribution is -2.28. The molecule has 0 atom stereocenters. The van der Waals surface area contributed by atoms with Gasteiger partial charge in [0.1, 0.15) is 11.6 Å². The number of hydrogen-bond donors (Lipinski definition) is 3. The molecule has 0 unspecified atom stereocenters. The zero-order chi connectivity index (χ0) is 26.4. The van der Waals surface area contributed by atoms with Crippen molar-refractivity contribution in [1.29, 1.82) is 0 Å². The summed E-state index contributed by atoms with van der Waals surface area (Å²) in [4.78, 5) is 43.0. The first kappa shape index (κ1) is 25.4. The number of primary amides is 1. The number of nitrogens with two attached hydrogens (primary N) is 1. The number of hydrogen-bond acceptors (Lipinski definition) is 6. The summed E-state index contributed by atoms with van der Waals surface area (Å²) in [7, 11) is 0. The van der Waals surface area contributed by atoms with Crippen LogP contribution in [0.25, 0.3) is 0 Å². The Balaban J connectivity index is 1.43. The van der Waals surface area contributed by atoms with Crippen LogP contribution in [-0.4, -0.2) is 29.4 Å². The highest BCUT2D eigenvalue weighted by atomic mass is 16.5. The van der Waals surface area contributed by atoms with E-state index in [-0.39, 0.29) is 17.6 Å². The third kappa shape index (κ3) is 6.32. The van der Waals surface area contributed by atoms with Gasteiger partial charge in [0.15, 0.2) is 0 Å². The molecule has 37 heavy (non-hydrogen) atoms. The number of benzene rings is 2. The molecule has 3 amide bonds. The zero-order valence-corrected chi connectivity index (χ0v) is 20.8. The average molecular weight is 500 g/mol. The number of amides is 3. The fraction of sp³-hybridized carbons (Fsp3) is 0.214. The molecular weight excluding hydrogens is 470 g/mol. The summed E-state index contributed by atoms with van der Waals surface area (Å²) in [5.74, 6) is 0.538. The van der Waals surface area contributed by atoms with Crippen LogP contribution in [0.4, 0.5) is 10.6 Å². The largest absolute Gasteiger partial charge is 0.410 e. The Bertz CT molecular complexity index is 1340. The van der Waals surface area contributed by atoms with Gasteiger partial charge in [-0.25, -0.2) is 9.78 Å². The van der Waals surface area contributed by atoms with Crippen molar-refractivity contribution in [2.24, 2.45) is 5.73 Å². The Kier molecular flexibility index (Phi) is 7.83. The maximum absolute atomic E-state index is 12.9. The van der Waals surface area contributed by atoms with Crippen LogP contribution in [0.2, 0.25) is 0 Å². The van der Waals surface area contributed by atoms with Gasteiger partial charge < -0.3 is 26.0 Å². The molecule has 0 radical (unpaired) electrons. The number of allylic oxidation sites excluding steroid dienone is 2. The van der Waals surface area contributed by atoms with Crippen molar-refractivity contribution in [2.75, 3.05) is 11.4 Å². The summed E-state index contributed by atoms with van der Waals surface area (Å²) in [6.07, 6.45) is 2.37. The number of aryl methyl sites for hydroxylation is 1. The predicted octanol–water partition coefficient (Wildman–Crippen LogP) is 4.04. The van der Waals surface area contributed by atoms with Crippen LogP contribution in [0.1, 0.15) is 51.6 Å². The number of nitrogens with one attached hydrogen (secondary N) is 2. The Morgan fingerprint density at radius 1 is 1.05 bits per heavy atom. The molecule has 2 aromatic carbocycles. The molecule has 1 aliphatic rings. The summed E-state index contributed by atoms with van der Waals surface area (Å²) < 4.78 is 4.87. The van der Waals surface area contributed by atoms with Crippen molar-refractivity contribution in [3.63, 3.8) is 0 Å². The Hall–Kier alpha value is -4.66. The van der Waals surface area contributed by atoms with Gasteiger partial charge in [-0.3, -0.25) is 9.59 Å². The summed E-state index contributed by atoms with van der Waals surface area (Å²) in [5, 5.41) is 5.88. The van der Waals surface area contributed by atoms with Crippen molar-refractivity contribution >= 4 is 23.7 Å². The summed E-state index contributed by atoms with van der Waals surface area (Å²) in [5.41, 5.74) is 9.36. The van der Waals surface area contributed by atoms with Gasteiger partial charge in [0.2, 0.25) is 0 Å². The van der Waals surface area contributed by atoms with Crippen LogP contribution < -0.4 is 26.0 Å². The molecule has 1 aliphatic heterocycles. The molecule has 0 saturated carbocycles. The Morgan fingerprint density at radius 2 is 1.84 bits per heavy atom. The van der Waals surface area contributed by atoms with Gasteiger partial charge in [-0.05, 0) is 68.1 Å². The maximum Gasteiger partial charge on any atom is 0.409 e. The minimum absolute atomic E-state index is 0.189. The van der Waals surface area contributed by atoms with Gasteiger partial charge in [-0.1, -0.05) is 30.3 Å². The van der Waals surface area contributed by atoms with E-state index in [2.05, 4.69) is 20.5 Å². The molecule has 0 bridgehead atoms. The third-order valence-corrected chi connectivity index (χ3v) is 6.10. The average Bonchev–Trinajstić information content (AvgIpc) is 3.38. The highest BCUT2D eigenvalue weighted by Gasteiger charge is 2.23. The summed E-state index contributed by atoms with van der Waals surface area (Å²) >= 11 is 0. The SMILES string of the molecule is CC(NC(=O)c1ccc(OC(N)=O)cc1C)=C1CCCN1c1ccc(C(=O)NCc2ccccc2)cn1. The molecule has 1 aromatic heterocycles. The lowest BCUT2D eigenvalue weighted by molar-refractivity contribution is 0.0946. The van der Waals surface area contributed by atoms with E-state index < -0.39 is 6.09 Å². The molecule has 9 heteroatoms. The highest BCUT2D eigenvalue weighted by Crippen LogP contribution is 2.29. The number of carbonyl (C=O) groups is 3. The lowest BCUT2D eigenvalue weighted by atomic mass is 10.1. The van der Waals surface area contributed by atoms with Gasteiger partial charge in [0.25, 0.3) is 11.8 Å². The molecule has 4 N–H and O–H groups in total. The normalized spacial score (nSPS) is 14.2. The molecule has 190 valence electrons. The molecule has 0 aliphatic carbocycles. The molecule has 3 aromatic rings. The first-order chi connectivity index (χ1) is 17.8. The maximum atomic E-state index is 12.9. The van der Waals surface area contributed by atoms with Crippen molar-refractivity contribution in [2.45, 2.75) is 33.2 Å². The van der Waals surface area contributed by atoms with E-state index in [4.69, 9.17) is 10.5 Å². The van der Waals surface area contributed by atoms with Crippen LogP contribution in [0, 0.1) is 6.92 Å². The van der Waals surface area contributed by atoms with Gasteiger partial charge >= 0.3 is 6.09 Å². The number of rotatable bonds is 7. The van der Waals surface area contributed by atoms with E-state index >= 15 is 0 Å². The monoisotopic (exact) mass is 499 g/mol. The standard InChI is InChI=1S/C28H29N5O4/c1-18-15-22(37-28(29)36)11-12-23(18)27(35)32-19(2)24-9-6-14-33(24)25-13-10-21(17-30-25)26(34)31-16-20-7-4-3-5-8-20/h3-5,7-8,10-13,15,17H,6,9,14,16H2,1-2H3,(H2,29,36)(H,31,34)(H,32,35). The number of carbonyl (C=O) groups excluding carboxylic acids is 3. The fourth-order valence-corrected chi connectivity index (χ4v) is 4.26. The number of ether oxygens (including phenoxy) is 1. The molecule has 4 rings (SSSR count).